The number of rotatable bonds is 2. The molecule has 0 aromatic carbocycles. The first-order chi connectivity index (χ1) is 8.99. The highest BCUT2D eigenvalue weighted by Gasteiger charge is 2.45. The van der Waals surface area contributed by atoms with Gasteiger partial charge in [-0.05, 0) is 58.0 Å². The Bertz CT molecular complexity index is 294. The van der Waals surface area contributed by atoms with Crippen molar-refractivity contribution in [2.45, 2.75) is 58.0 Å². The van der Waals surface area contributed by atoms with Gasteiger partial charge in [0.2, 0.25) is 0 Å². The third-order valence-corrected chi connectivity index (χ3v) is 5.72. The molecule has 4 atom stereocenters. The Hall–Kier alpha value is -0.120. The topological polar surface area (TPSA) is 32.5 Å². The van der Waals surface area contributed by atoms with E-state index in [4.69, 9.17) is 5.73 Å². The molecular formula is C16H33N3. The second-order valence-corrected chi connectivity index (χ2v) is 7.25. The van der Waals surface area contributed by atoms with Crippen molar-refractivity contribution in [3.8, 4) is 0 Å². The summed E-state index contributed by atoms with van der Waals surface area (Å²) in [4.78, 5) is 5.25. The van der Waals surface area contributed by atoms with Crippen molar-refractivity contribution in [1.29, 1.82) is 0 Å². The van der Waals surface area contributed by atoms with Gasteiger partial charge in [0, 0.05) is 31.2 Å². The van der Waals surface area contributed by atoms with E-state index in [-0.39, 0.29) is 5.54 Å². The summed E-state index contributed by atoms with van der Waals surface area (Å²) in [5.41, 5.74) is 6.56. The summed E-state index contributed by atoms with van der Waals surface area (Å²) < 4.78 is 0. The van der Waals surface area contributed by atoms with E-state index in [1.165, 1.54) is 45.3 Å². The molecule has 4 unspecified atom stereocenters. The Morgan fingerprint density at radius 2 is 1.95 bits per heavy atom. The number of nitrogens with two attached hydrogens (primary N) is 1. The minimum Gasteiger partial charge on any atom is -0.329 e. The maximum atomic E-state index is 6.30. The van der Waals surface area contributed by atoms with E-state index < -0.39 is 0 Å². The molecule has 1 aliphatic carbocycles. The second-order valence-electron chi connectivity index (χ2n) is 7.25. The van der Waals surface area contributed by atoms with Gasteiger partial charge < -0.3 is 10.6 Å². The van der Waals surface area contributed by atoms with E-state index in [1.807, 2.05) is 0 Å². The van der Waals surface area contributed by atoms with Crippen LogP contribution in [0.1, 0.15) is 46.5 Å². The minimum absolute atomic E-state index is 0.261. The molecule has 0 aromatic heterocycles. The summed E-state index contributed by atoms with van der Waals surface area (Å²) in [7, 11) is 2.25. The number of likely N-dealkylation sites (N-methyl/N-ethyl adjacent to an activating group) is 1. The molecule has 3 heteroatoms. The van der Waals surface area contributed by atoms with Gasteiger partial charge in [-0.2, -0.15) is 0 Å². The maximum absolute atomic E-state index is 6.30. The highest BCUT2D eigenvalue weighted by Crippen LogP contribution is 2.41. The monoisotopic (exact) mass is 267 g/mol. The zero-order chi connectivity index (χ0) is 14.0. The van der Waals surface area contributed by atoms with Crippen molar-refractivity contribution >= 4 is 0 Å². The fourth-order valence-corrected chi connectivity index (χ4v) is 4.56. The highest BCUT2D eigenvalue weighted by atomic mass is 15.3. The van der Waals surface area contributed by atoms with E-state index in [1.54, 1.807) is 0 Å². The third-order valence-electron chi connectivity index (χ3n) is 5.72. The zero-order valence-electron chi connectivity index (χ0n) is 13.4. The molecule has 1 aliphatic heterocycles. The Balaban J connectivity index is 2.19. The smallest absolute Gasteiger partial charge is 0.0360 e. The SMILES string of the molecule is CC1CCC(CN)(N2CCCN(C)CC2C)C(C)C1. The average molecular weight is 267 g/mol. The van der Waals surface area contributed by atoms with Crippen molar-refractivity contribution in [3.63, 3.8) is 0 Å². The van der Waals surface area contributed by atoms with Gasteiger partial charge in [0.15, 0.2) is 0 Å². The standard InChI is InChI=1S/C16H33N3/c1-13-6-7-16(12-17,14(2)10-13)19-9-5-8-18(4)11-15(19)3/h13-15H,5-12,17H2,1-4H3. The van der Waals surface area contributed by atoms with Crippen LogP contribution in [0.3, 0.4) is 0 Å². The van der Waals surface area contributed by atoms with Crippen LogP contribution in [0, 0.1) is 11.8 Å². The van der Waals surface area contributed by atoms with Crippen LogP contribution in [0.15, 0.2) is 0 Å². The van der Waals surface area contributed by atoms with Crippen LogP contribution >= 0.6 is 0 Å². The largest absolute Gasteiger partial charge is 0.329 e. The van der Waals surface area contributed by atoms with E-state index in [0.29, 0.717) is 6.04 Å². The van der Waals surface area contributed by atoms with Crippen molar-refractivity contribution < 1.29 is 0 Å². The van der Waals surface area contributed by atoms with Gasteiger partial charge in [-0.1, -0.05) is 13.8 Å². The lowest BCUT2D eigenvalue weighted by atomic mass is 9.68. The molecule has 0 amide bonds. The van der Waals surface area contributed by atoms with E-state index in [2.05, 4.69) is 37.6 Å². The van der Waals surface area contributed by atoms with Crippen LogP contribution in [-0.2, 0) is 0 Å². The summed E-state index contributed by atoms with van der Waals surface area (Å²) in [5.74, 6) is 1.60. The number of hydrogen-bond acceptors (Lipinski definition) is 3. The summed E-state index contributed by atoms with van der Waals surface area (Å²) >= 11 is 0. The minimum atomic E-state index is 0.261. The average Bonchev–Trinajstić information content (AvgIpc) is 2.52. The van der Waals surface area contributed by atoms with Gasteiger partial charge >= 0.3 is 0 Å². The van der Waals surface area contributed by atoms with Crippen LogP contribution in [0.4, 0.5) is 0 Å². The van der Waals surface area contributed by atoms with Gasteiger partial charge in [0.1, 0.15) is 0 Å². The van der Waals surface area contributed by atoms with E-state index in [0.717, 1.165) is 18.4 Å². The Morgan fingerprint density at radius 1 is 1.21 bits per heavy atom. The Kier molecular flexibility index (Phi) is 4.91. The molecule has 1 heterocycles. The summed E-state index contributed by atoms with van der Waals surface area (Å²) in [6, 6.07) is 0.631. The molecule has 0 aromatic rings. The van der Waals surface area contributed by atoms with Gasteiger partial charge in [0.05, 0.1) is 0 Å². The molecule has 2 N–H and O–H groups in total. The van der Waals surface area contributed by atoms with Crippen LogP contribution in [0.5, 0.6) is 0 Å². The predicted molar refractivity (Wildman–Crippen MR) is 82.2 cm³/mol. The lowest BCUT2D eigenvalue weighted by Crippen LogP contribution is -2.63. The van der Waals surface area contributed by atoms with Crippen LogP contribution in [0.25, 0.3) is 0 Å². The van der Waals surface area contributed by atoms with Crippen molar-refractivity contribution in [1.82, 2.24) is 9.80 Å². The van der Waals surface area contributed by atoms with E-state index >= 15 is 0 Å². The summed E-state index contributed by atoms with van der Waals surface area (Å²) in [5, 5.41) is 0. The molecule has 0 radical (unpaired) electrons. The van der Waals surface area contributed by atoms with Crippen molar-refractivity contribution in [3.05, 3.63) is 0 Å². The number of nitrogens with zero attached hydrogens (tertiary/aromatic N) is 2. The highest BCUT2D eigenvalue weighted by molar-refractivity contribution is 5.02. The molecule has 1 saturated heterocycles. The molecule has 2 aliphatic rings. The third kappa shape index (κ3) is 2.98. The first-order valence-electron chi connectivity index (χ1n) is 8.15. The molecule has 2 rings (SSSR count). The molecular weight excluding hydrogens is 234 g/mol. The van der Waals surface area contributed by atoms with Gasteiger partial charge in [-0.15, -0.1) is 0 Å². The van der Waals surface area contributed by atoms with Gasteiger partial charge in [0.25, 0.3) is 0 Å². The van der Waals surface area contributed by atoms with Gasteiger partial charge in [-0.3, -0.25) is 4.90 Å². The van der Waals surface area contributed by atoms with Crippen molar-refractivity contribution in [2.24, 2.45) is 17.6 Å². The fraction of sp³-hybridized carbons (Fsp3) is 1.00. The Labute approximate surface area is 119 Å². The number of hydrogen-bond donors (Lipinski definition) is 1. The first kappa shape index (κ1) is 15.3. The molecule has 0 spiro atoms. The van der Waals surface area contributed by atoms with Crippen LogP contribution in [-0.4, -0.2) is 54.6 Å². The lowest BCUT2D eigenvalue weighted by molar-refractivity contribution is -0.0226. The van der Waals surface area contributed by atoms with Gasteiger partial charge in [-0.25, -0.2) is 0 Å². The second kappa shape index (κ2) is 6.11. The Morgan fingerprint density at radius 3 is 2.58 bits per heavy atom. The summed E-state index contributed by atoms with van der Waals surface area (Å²) in [6.45, 7) is 11.7. The first-order valence-corrected chi connectivity index (χ1v) is 8.15. The quantitative estimate of drug-likeness (QED) is 0.832. The molecule has 1 saturated carbocycles. The maximum Gasteiger partial charge on any atom is 0.0360 e. The summed E-state index contributed by atoms with van der Waals surface area (Å²) in [6.07, 6.45) is 5.27. The van der Waals surface area contributed by atoms with Crippen molar-refractivity contribution in [2.75, 3.05) is 33.2 Å². The molecule has 2 fully saturated rings. The molecule has 112 valence electrons. The lowest BCUT2D eigenvalue weighted by Gasteiger charge is -2.53. The molecule has 0 bridgehead atoms. The fourth-order valence-electron chi connectivity index (χ4n) is 4.56. The van der Waals surface area contributed by atoms with Crippen LogP contribution in [0.2, 0.25) is 0 Å². The normalized spacial score (nSPS) is 43.1. The zero-order valence-corrected chi connectivity index (χ0v) is 13.4. The molecule has 3 nitrogen and oxygen atoms in total. The molecule has 19 heavy (non-hydrogen) atoms. The van der Waals surface area contributed by atoms with E-state index in [9.17, 15) is 0 Å². The van der Waals surface area contributed by atoms with Crippen LogP contribution < -0.4 is 5.73 Å². The predicted octanol–water partition coefficient (Wildman–Crippen LogP) is 2.17.